The van der Waals surface area contributed by atoms with Crippen LogP contribution in [0.25, 0.3) is 0 Å². The highest BCUT2D eigenvalue weighted by atomic mass is 16.4. The molecule has 0 aromatic heterocycles. The number of amides is 1. The number of rotatable bonds is 22. The predicted octanol–water partition coefficient (Wildman–Crippen LogP) is -1.80. The van der Waals surface area contributed by atoms with Gasteiger partial charge in [-0.1, -0.05) is 6.42 Å². The fourth-order valence-corrected chi connectivity index (χ4v) is 3.22. The second kappa shape index (κ2) is 17.4. The molecule has 194 valence electrons. The number of aldehydes is 1. The second-order valence-electron chi connectivity index (χ2n) is 7.59. The summed E-state index contributed by atoms with van der Waals surface area (Å²) in [5.74, 6) is -6.52. The highest BCUT2D eigenvalue weighted by Crippen LogP contribution is 2.25. The van der Waals surface area contributed by atoms with Crippen LogP contribution in [0.4, 0.5) is 0 Å². The lowest BCUT2D eigenvalue weighted by Gasteiger charge is -2.37. The van der Waals surface area contributed by atoms with Crippen LogP contribution < -0.4 is 16.0 Å². The Morgan fingerprint density at radius 1 is 0.765 bits per heavy atom. The van der Waals surface area contributed by atoms with Crippen molar-refractivity contribution in [2.24, 2.45) is 0 Å². The molecule has 0 fully saturated rings. The Balaban J connectivity index is 4.55. The summed E-state index contributed by atoms with van der Waals surface area (Å²) in [5, 5.41) is 45.5. The topological polar surface area (TPSA) is 223 Å². The molecule has 0 saturated carbocycles. The van der Waals surface area contributed by atoms with Crippen LogP contribution in [0, 0.1) is 0 Å². The molecule has 0 atom stereocenters. The van der Waals surface area contributed by atoms with Crippen LogP contribution in [0.2, 0.25) is 0 Å². The molecule has 0 aliphatic rings. The third kappa shape index (κ3) is 13.4. The van der Waals surface area contributed by atoms with E-state index < -0.39 is 48.8 Å². The van der Waals surface area contributed by atoms with Gasteiger partial charge in [0.15, 0.2) is 0 Å². The predicted molar refractivity (Wildman–Crippen MR) is 117 cm³/mol. The van der Waals surface area contributed by atoms with Crippen molar-refractivity contribution in [1.82, 2.24) is 20.9 Å². The number of nitrogens with zero attached hydrogens (tertiary/aromatic N) is 1. The summed E-state index contributed by atoms with van der Waals surface area (Å²) in [7, 11) is 0. The molecule has 0 aliphatic carbocycles. The van der Waals surface area contributed by atoms with Gasteiger partial charge in [-0.15, -0.1) is 0 Å². The monoisotopic (exact) mass is 490 g/mol. The molecule has 7 N–H and O–H groups in total. The van der Waals surface area contributed by atoms with Crippen LogP contribution in [0.15, 0.2) is 0 Å². The van der Waals surface area contributed by atoms with E-state index in [1.165, 1.54) is 0 Å². The first-order valence-corrected chi connectivity index (χ1v) is 10.8. The maximum Gasteiger partial charge on any atom is 0.325 e. The Kier molecular flexibility index (Phi) is 15.8. The van der Waals surface area contributed by atoms with Gasteiger partial charge in [-0.2, -0.15) is 0 Å². The molecule has 0 rings (SSSR count). The van der Waals surface area contributed by atoms with Crippen LogP contribution in [-0.2, 0) is 28.8 Å². The lowest BCUT2D eigenvalue weighted by Crippen LogP contribution is -2.59. The molecule has 0 radical (unpaired) electrons. The van der Waals surface area contributed by atoms with E-state index in [1.807, 2.05) is 0 Å². The maximum atomic E-state index is 11.9. The van der Waals surface area contributed by atoms with E-state index in [0.29, 0.717) is 26.1 Å². The first kappa shape index (κ1) is 30.9. The lowest BCUT2D eigenvalue weighted by atomic mass is 9.88. The van der Waals surface area contributed by atoms with Crippen molar-refractivity contribution < 1.29 is 49.2 Å². The fourth-order valence-electron chi connectivity index (χ4n) is 3.22. The van der Waals surface area contributed by atoms with Crippen molar-refractivity contribution in [3.05, 3.63) is 0 Å². The van der Waals surface area contributed by atoms with Gasteiger partial charge in [-0.3, -0.25) is 28.9 Å². The van der Waals surface area contributed by atoms with Gasteiger partial charge in [0.25, 0.3) is 0 Å². The number of hydrogen-bond acceptors (Lipinski definition) is 9. The zero-order valence-corrected chi connectivity index (χ0v) is 19.0. The summed E-state index contributed by atoms with van der Waals surface area (Å²) in [6.45, 7) is 0.232. The van der Waals surface area contributed by atoms with E-state index in [0.717, 1.165) is 30.4 Å². The van der Waals surface area contributed by atoms with Crippen molar-refractivity contribution in [2.75, 3.05) is 45.8 Å². The minimum absolute atomic E-state index is 0.0518. The summed E-state index contributed by atoms with van der Waals surface area (Å²) in [6, 6.07) is 0. The maximum absolute atomic E-state index is 11.9. The third-order valence-electron chi connectivity index (χ3n) is 4.86. The number of carboxylic acid groups (broad SMARTS) is 4. The molecule has 0 aliphatic heterocycles. The van der Waals surface area contributed by atoms with Crippen molar-refractivity contribution in [1.29, 1.82) is 0 Å². The fraction of sp³-hybridized carbons (Fsp3) is 0.700. The van der Waals surface area contributed by atoms with E-state index in [-0.39, 0.29) is 25.5 Å². The average Bonchev–Trinajstić information content (AvgIpc) is 2.73. The third-order valence-corrected chi connectivity index (χ3v) is 4.86. The number of carboxylic acids is 4. The molecule has 14 heteroatoms. The molecular weight excluding hydrogens is 456 g/mol. The van der Waals surface area contributed by atoms with Crippen LogP contribution in [0.5, 0.6) is 0 Å². The van der Waals surface area contributed by atoms with Gasteiger partial charge in [0, 0.05) is 39.1 Å². The summed E-state index contributed by atoms with van der Waals surface area (Å²) in [6.07, 6.45) is 1.59. The molecule has 0 spiro atoms. The van der Waals surface area contributed by atoms with Gasteiger partial charge in [0.2, 0.25) is 5.91 Å². The zero-order chi connectivity index (χ0) is 26.0. The Morgan fingerprint density at radius 3 is 1.91 bits per heavy atom. The summed E-state index contributed by atoms with van der Waals surface area (Å²) < 4.78 is 0. The SMILES string of the molecule is O=CCCCCCNC(=O)CNCCNCCN(CC(=O)O)C(CC(=O)O)(CC(=O)O)C(=O)O. The molecular formula is C20H34N4O10. The normalized spacial score (nSPS) is 11.2. The zero-order valence-electron chi connectivity index (χ0n) is 19.0. The highest BCUT2D eigenvalue weighted by Gasteiger charge is 2.48. The molecule has 0 bridgehead atoms. The molecule has 14 nitrogen and oxygen atoms in total. The number of carbonyl (C=O) groups excluding carboxylic acids is 2. The van der Waals surface area contributed by atoms with Gasteiger partial charge < -0.3 is 41.2 Å². The molecule has 0 saturated heterocycles. The average molecular weight is 491 g/mol. The largest absolute Gasteiger partial charge is 0.481 e. The van der Waals surface area contributed by atoms with Crippen molar-refractivity contribution in [2.45, 2.75) is 44.1 Å². The first-order valence-electron chi connectivity index (χ1n) is 10.8. The molecule has 0 aromatic carbocycles. The van der Waals surface area contributed by atoms with Crippen LogP contribution in [-0.4, -0.2) is 113 Å². The minimum Gasteiger partial charge on any atom is -0.481 e. The minimum atomic E-state index is -2.43. The molecule has 1 amide bonds. The lowest BCUT2D eigenvalue weighted by molar-refractivity contribution is -0.166. The van der Waals surface area contributed by atoms with Gasteiger partial charge in [-0.25, -0.2) is 0 Å². The van der Waals surface area contributed by atoms with Crippen LogP contribution in [0.1, 0.15) is 38.5 Å². The van der Waals surface area contributed by atoms with E-state index in [2.05, 4.69) is 16.0 Å². The highest BCUT2D eigenvalue weighted by molar-refractivity contribution is 5.90. The van der Waals surface area contributed by atoms with Crippen molar-refractivity contribution in [3.8, 4) is 0 Å². The Hall–Kier alpha value is -3.10. The summed E-state index contributed by atoms with van der Waals surface area (Å²) in [4.78, 5) is 68.2. The van der Waals surface area contributed by atoms with Crippen LogP contribution in [0.3, 0.4) is 0 Å². The van der Waals surface area contributed by atoms with Gasteiger partial charge in [-0.05, 0) is 12.8 Å². The molecule has 0 unspecified atom stereocenters. The van der Waals surface area contributed by atoms with E-state index in [4.69, 9.17) is 15.3 Å². The smallest absolute Gasteiger partial charge is 0.325 e. The van der Waals surface area contributed by atoms with Crippen molar-refractivity contribution in [3.63, 3.8) is 0 Å². The quantitative estimate of drug-likeness (QED) is 0.0658. The van der Waals surface area contributed by atoms with Crippen molar-refractivity contribution >= 4 is 36.1 Å². The van der Waals surface area contributed by atoms with Crippen LogP contribution >= 0.6 is 0 Å². The van der Waals surface area contributed by atoms with Gasteiger partial charge in [0.05, 0.1) is 25.9 Å². The summed E-state index contributed by atoms with van der Waals surface area (Å²) >= 11 is 0. The number of aliphatic carboxylic acids is 4. The Bertz CT molecular complexity index is 685. The van der Waals surface area contributed by atoms with E-state index in [1.54, 1.807) is 0 Å². The summed E-state index contributed by atoms with van der Waals surface area (Å²) in [5.41, 5.74) is -2.43. The standard InChI is InChI=1S/C20H34N4O10/c25-10-4-2-1-3-5-23-15(26)13-22-7-6-21-8-9-24(14-18(31)32)20(19(33)34,11-16(27)28)12-17(29)30/h10,21-22H,1-9,11-14H2,(H,23,26)(H,27,28)(H,29,30)(H,31,32)(H,33,34). The number of unbranched alkanes of at least 4 members (excludes halogenated alkanes) is 3. The van der Waals surface area contributed by atoms with Gasteiger partial charge >= 0.3 is 23.9 Å². The van der Waals surface area contributed by atoms with E-state index >= 15 is 0 Å². The molecule has 34 heavy (non-hydrogen) atoms. The number of nitrogens with one attached hydrogen (secondary N) is 3. The Morgan fingerprint density at radius 2 is 1.38 bits per heavy atom. The second-order valence-corrected chi connectivity index (χ2v) is 7.59. The number of hydrogen-bond donors (Lipinski definition) is 7. The number of carbonyl (C=O) groups is 6. The van der Waals surface area contributed by atoms with E-state index in [9.17, 15) is 33.9 Å². The first-order chi connectivity index (χ1) is 16.0. The Labute approximate surface area is 196 Å². The molecule has 0 aromatic rings. The van der Waals surface area contributed by atoms with Gasteiger partial charge in [0.1, 0.15) is 11.8 Å². The molecule has 0 heterocycles.